The van der Waals surface area contributed by atoms with E-state index in [-0.39, 0.29) is 18.4 Å². The molecule has 152 valence electrons. The molecular formula is C21H28N2O4S. The average Bonchev–Trinajstić information content (AvgIpc) is 3.04. The van der Waals surface area contributed by atoms with Gasteiger partial charge in [-0.25, -0.2) is 4.79 Å². The Morgan fingerprint density at radius 3 is 2.64 bits per heavy atom. The van der Waals surface area contributed by atoms with Crippen molar-refractivity contribution in [1.82, 2.24) is 5.32 Å². The van der Waals surface area contributed by atoms with Gasteiger partial charge in [-0.05, 0) is 63.4 Å². The van der Waals surface area contributed by atoms with Gasteiger partial charge in [0.2, 0.25) is 5.91 Å². The fourth-order valence-electron chi connectivity index (χ4n) is 3.78. The SMILES string of the molecule is CC(=O)Nc1sc2c(c1C(=O)OCC(=O)NCCC1=CCCCC1)CCCC2. The fourth-order valence-corrected chi connectivity index (χ4v) is 5.10. The van der Waals surface area contributed by atoms with Gasteiger partial charge in [-0.15, -0.1) is 11.3 Å². The van der Waals surface area contributed by atoms with Gasteiger partial charge in [0, 0.05) is 18.3 Å². The number of thiophene rings is 1. The van der Waals surface area contributed by atoms with Crippen LogP contribution in [0.5, 0.6) is 0 Å². The summed E-state index contributed by atoms with van der Waals surface area (Å²) in [6.45, 7) is 1.68. The first-order valence-electron chi connectivity index (χ1n) is 10.1. The smallest absolute Gasteiger partial charge is 0.341 e. The fraction of sp³-hybridized carbons (Fsp3) is 0.571. The predicted molar refractivity (Wildman–Crippen MR) is 110 cm³/mol. The lowest BCUT2D eigenvalue weighted by Crippen LogP contribution is -2.30. The highest BCUT2D eigenvalue weighted by Gasteiger charge is 2.27. The van der Waals surface area contributed by atoms with Crippen molar-refractivity contribution in [3.8, 4) is 0 Å². The van der Waals surface area contributed by atoms with Crippen LogP contribution in [0.3, 0.4) is 0 Å². The van der Waals surface area contributed by atoms with Crippen LogP contribution in [-0.2, 0) is 27.2 Å². The molecule has 2 aliphatic rings. The Bertz CT molecular complexity index is 782. The highest BCUT2D eigenvalue weighted by molar-refractivity contribution is 7.17. The van der Waals surface area contributed by atoms with E-state index < -0.39 is 5.97 Å². The van der Waals surface area contributed by atoms with E-state index in [2.05, 4.69) is 16.7 Å². The highest BCUT2D eigenvalue weighted by Crippen LogP contribution is 2.38. The molecule has 0 aliphatic heterocycles. The molecule has 0 spiro atoms. The Kier molecular flexibility index (Phi) is 7.25. The zero-order valence-corrected chi connectivity index (χ0v) is 17.2. The molecule has 1 aromatic rings. The maximum absolute atomic E-state index is 12.6. The molecule has 0 atom stereocenters. The summed E-state index contributed by atoms with van der Waals surface area (Å²) in [7, 11) is 0. The first-order valence-corrected chi connectivity index (χ1v) is 10.9. The molecule has 7 heteroatoms. The maximum Gasteiger partial charge on any atom is 0.341 e. The number of hydrogen-bond acceptors (Lipinski definition) is 5. The number of fused-ring (bicyclic) bond motifs is 1. The van der Waals surface area contributed by atoms with E-state index in [1.807, 2.05) is 0 Å². The summed E-state index contributed by atoms with van der Waals surface area (Å²) in [6.07, 6.45) is 11.6. The number of aryl methyl sites for hydroxylation is 1. The third kappa shape index (κ3) is 5.44. The molecule has 2 aliphatic carbocycles. The number of carbonyl (C=O) groups is 3. The molecule has 1 heterocycles. The van der Waals surface area contributed by atoms with Crippen molar-refractivity contribution in [2.24, 2.45) is 0 Å². The molecule has 3 rings (SSSR count). The Morgan fingerprint density at radius 1 is 1.11 bits per heavy atom. The van der Waals surface area contributed by atoms with Crippen molar-refractivity contribution in [1.29, 1.82) is 0 Å². The lowest BCUT2D eigenvalue weighted by molar-refractivity contribution is -0.124. The zero-order valence-electron chi connectivity index (χ0n) is 16.4. The highest BCUT2D eigenvalue weighted by atomic mass is 32.1. The van der Waals surface area contributed by atoms with Crippen LogP contribution >= 0.6 is 11.3 Å². The third-order valence-corrected chi connectivity index (χ3v) is 6.36. The molecular weight excluding hydrogens is 376 g/mol. The number of nitrogens with one attached hydrogen (secondary N) is 2. The van der Waals surface area contributed by atoms with Gasteiger partial charge in [0.1, 0.15) is 5.00 Å². The standard InChI is InChI=1S/C21H28N2O4S/c1-14(24)23-20-19(16-9-5-6-10-17(16)28-20)21(26)27-13-18(25)22-12-11-15-7-3-2-4-8-15/h7H,2-6,8-13H2,1H3,(H,22,25)(H,23,24). The van der Waals surface area contributed by atoms with E-state index in [4.69, 9.17) is 4.74 Å². The van der Waals surface area contributed by atoms with Crippen LogP contribution in [0.15, 0.2) is 11.6 Å². The Hall–Kier alpha value is -2.15. The zero-order chi connectivity index (χ0) is 19.9. The molecule has 2 N–H and O–H groups in total. The number of carbonyl (C=O) groups excluding carboxylic acids is 3. The number of esters is 1. The van der Waals surface area contributed by atoms with Crippen molar-refractivity contribution >= 4 is 34.1 Å². The Labute approximate surface area is 169 Å². The molecule has 0 bridgehead atoms. The summed E-state index contributed by atoms with van der Waals surface area (Å²) in [5, 5.41) is 6.09. The summed E-state index contributed by atoms with van der Waals surface area (Å²) in [5.74, 6) is -1.05. The van der Waals surface area contributed by atoms with Crippen LogP contribution < -0.4 is 10.6 Å². The van der Waals surface area contributed by atoms with Gasteiger partial charge < -0.3 is 15.4 Å². The molecule has 0 radical (unpaired) electrons. The molecule has 0 fully saturated rings. The lowest BCUT2D eigenvalue weighted by atomic mass is 9.95. The summed E-state index contributed by atoms with van der Waals surface area (Å²) >= 11 is 1.44. The Balaban J connectivity index is 1.54. The van der Waals surface area contributed by atoms with E-state index in [9.17, 15) is 14.4 Å². The van der Waals surface area contributed by atoms with Gasteiger partial charge in [0.05, 0.1) is 5.56 Å². The number of anilines is 1. The van der Waals surface area contributed by atoms with Gasteiger partial charge in [-0.3, -0.25) is 9.59 Å². The number of ether oxygens (including phenoxy) is 1. The summed E-state index contributed by atoms with van der Waals surface area (Å²) < 4.78 is 5.27. The predicted octanol–water partition coefficient (Wildman–Crippen LogP) is 3.75. The molecule has 28 heavy (non-hydrogen) atoms. The summed E-state index contributed by atoms with van der Waals surface area (Å²) in [4.78, 5) is 37.3. The first kappa shape index (κ1) is 20.6. The second-order valence-electron chi connectivity index (χ2n) is 7.38. The van der Waals surface area contributed by atoms with Gasteiger partial charge in [0.25, 0.3) is 5.91 Å². The molecule has 6 nitrogen and oxygen atoms in total. The number of amides is 2. The lowest BCUT2D eigenvalue weighted by Gasteiger charge is -2.14. The van der Waals surface area contributed by atoms with Crippen molar-refractivity contribution in [3.63, 3.8) is 0 Å². The second kappa shape index (κ2) is 9.87. The van der Waals surface area contributed by atoms with Crippen molar-refractivity contribution in [3.05, 3.63) is 27.7 Å². The van der Waals surface area contributed by atoms with E-state index >= 15 is 0 Å². The number of hydrogen-bond donors (Lipinski definition) is 2. The maximum atomic E-state index is 12.6. The van der Waals surface area contributed by atoms with Crippen LogP contribution in [0.1, 0.15) is 72.7 Å². The monoisotopic (exact) mass is 404 g/mol. The van der Waals surface area contributed by atoms with E-state index in [0.717, 1.165) is 55.4 Å². The van der Waals surface area contributed by atoms with Crippen LogP contribution in [-0.4, -0.2) is 30.9 Å². The quantitative estimate of drug-likeness (QED) is 0.535. The van der Waals surface area contributed by atoms with E-state index in [0.29, 0.717) is 17.1 Å². The molecule has 1 aromatic heterocycles. The van der Waals surface area contributed by atoms with E-state index in [1.54, 1.807) is 0 Å². The molecule has 0 unspecified atom stereocenters. The van der Waals surface area contributed by atoms with Crippen LogP contribution in [0.4, 0.5) is 5.00 Å². The van der Waals surface area contributed by atoms with Gasteiger partial charge in [0.15, 0.2) is 6.61 Å². The van der Waals surface area contributed by atoms with Crippen LogP contribution in [0, 0.1) is 0 Å². The number of allylic oxidation sites excluding steroid dienone is 1. The van der Waals surface area contributed by atoms with Crippen LogP contribution in [0.25, 0.3) is 0 Å². The normalized spacial score (nSPS) is 16.0. The topological polar surface area (TPSA) is 84.5 Å². The first-order chi connectivity index (χ1) is 13.5. The van der Waals surface area contributed by atoms with Crippen LogP contribution in [0.2, 0.25) is 0 Å². The minimum absolute atomic E-state index is 0.220. The molecule has 0 aromatic carbocycles. The van der Waals surface area contributed by atoms with E-state index in [1.165, 1.54) is 36.7 Å². The number of rotatable bonds is 7. The largest absolute Gasteiger partial charge is 0.452 e. The van der Waals surface area contributed by atoms with Gasteiger partial charge >= 0.3 is 5.97 Å². The summed E-state index contributed by atoms with van der Waals surface area (Å²) in [5.41, 5.74) is 2.79. The minimum Gasteiger partial charge on any atom is -0.452 e. The van der Waals surface area contributed by atoms with Gasteiger partial charge in [-0.2, -0.15) is 0 Å². The average molecular weight is 405 g/mol. The van der Waals surface area contributed by atoms with Crippen molar-refractivity contribution in [2.75, 3.05) is 18.5 Å². The van der Waals surface area contributed by atoms with Crippen molar-refractivity contribution in [2.45, 2.75) is 64.7 Å². The second-order valence-corrected chi connectivity index (χ2v) is 8.49. The Morgan fingerprint density at radius 2 is 1.89 bits per heavy atom. The van der Waals surface area contributed by atoms with Crippen molar-refractivity contribution < 1.29 is 19.1 Å². The molecule has 0 saturated heterocycles. The molecule has 2 amide bonds. The summed E-state index contributed by atoms with van der Waals surface area (Å²) in [6, 6.07) is 0. The minimum atomic E-state index is -0.534. The molecule has 0 saturated carbocycles. The third-order valence-electron chi connectivity index (χ3n) is 5.15. The van der Waals surface area contributed by atoms with Gasteiger partial charge in [-0.1, -0.05) is 11.6 Å².